The zero-order chi connectivity index (χ0) is 21.2. The van der Waals surface area contributed by atoms with Gasteiger partial charge in [0.2, 0.25) is 0 Å². The molecule has 0 radical (unpaired) electrons. The van der Waals surface area contributed by atoms with E-state index in [0.29, 0.717) is 6.54 Å². The van der Waals surface area contributed by atoms with E-state index in [0.717, 1.165) is 38.6 Å². The second kappa shape index (κ2) is 11.1. The van der Waals surface area contributed by atoms with Gasteiger partial charge in [0, 0.05) is 31.3 Å². The van der Waals surface area contributed by atoms with E-state index in [1.807, 2.05) is 6.07 Å². The van der Waals surface area contributed by atoms with Crippen LogP contribution in [0.15, 0.2) is 65.7 Å². The van der Waals surface area contributed by atoms with Crippen LogP contribution in [-0.2, 0) is 4.74 Å². The van der Waals surface area contributed by atoms with E-state index in [-0.39, 0.29) is 17.6 Å². The molecule has 2 aromatic rings. The molecule has 0 amide bonds. The topological polar surface area (TPSA) is 57.7 Å². The van der Waals surface area contributed by atoms with Gasteiger partial charge in [0.1, 0.15) is 0 Å². The molecule has 1 fully saturated rings. The van der Waals surface area contributed by atoms with E-state index in [1.165, 1.54) is 11.1 Å². The number of ether oxygens (including phenoxy) is 1. The van der Waals surface area contributed by atoms with Gasteiger partial charge in [-0.1, -0.05) is 60.7 Å². The summed E-state index contributed by atoms with van der Waals surface area (Å²) in [5, 5.41) is 10.8. The van der Waals surface area contributed by atoms with E-state index in [4.69, 9.17) is 9.73 Å². The van der Waals surface area contributed by atoms with Crippen molar-refractivity contribution in [3.63, 3.8) is 0 Å². The van der Waals surface area contributed by atoms with Crippen molar-refractivity contribution in [2.45, 2.75) is 51.2 Å². The Morgan fingerprint density at radius 2 is 1.50 bits per heavy atom. The predicted octanol–water partition coefficient (Wildman–Crippen LogP) is 4.20. The van der Waals surface area contributed by atoms with Crippen molar-refractivity contribution in [3.05, 3.63) is 71.8 Å². The van der Waals surface area contributed by atoms with Gasteiger partial charge in [-0.15, -0.1) is 0 Å². The maximum absolute atomic E-state index is 5.67. The lowest BCUT2D eigenvalue weighted by atomic mass is 9.88. The third-order valence-corrected chi connectivity index (χ3v) is 5.81. The molecule has 0 spiro atoms. The monoisotopic (exact) mass is 408 g/mol. The first-order valence-corrected chi connectivity index (χ1v) is 11.1. The third kappa shape index (κ3) is 6.31. The molecule has 0 aromatic heterocycles. The van der Waals surface area contributed by atoms with E-state index in [1.54, 1.807) is 0 Å². The zero-order valence-electron chi connectivity index (χ0n) is 18.5. The number of benzene rings is 2. The number of rotatable bonds is 8. The molecule has 0 aliphatic carbocycles. The summed E-state index contributed by atoms with van der Waals surface area (Å²) in [4.78, 5) is 5.00. The van der Waals surface area contributed by atoms with Gasteiger partial charge in [0.15, 0.2) is 5.96 Å². The number of nitrogens with zero attached hydrogens (tertiary/aromatic N) is 1. The Balaban J connectivity index is 1.72. The predicted molar refractivity (Wildman–Crippen MR) is 125 cm³/mol. The number of guanidine groups is 1. The quantitative estimate of drug-likeness (QED) is 0.453. The minimum Gasteiger partial charge on any atom is -0.381 e. The van der Waals surface area contributed by atoms with E-state index >= 15 is 0 Å². The van der Waals surface area contributed by atoms with Crippen LogP contribution < -0.4 is 16.0 Å². The first-order valence-electron chi connectivity index (χ1n) is 11.1. The van der Waals surface area contributed by atoms with Crippen molar-refractivity contribution in [1.29, 1.82) is 0 Å². The summed E-state index contributed by atoms with van der Waals surface area (Å²) < 4.78 is 5.67. The van der Waals surface area contributed by atoms with Crippen LogP contribution in [0.3, 0.4) is 0 Å². The van der Waals surface area contributed by atoms with Gasteiger partial charge in [0.05, 0.1) is 12.6 Å². The lowest BCUT2D eigenvalue weighted by Crippen LogP contribution is -2.53. The lowest BCUT2D eigenvalue weighted by Gasteiger charge is -2.39. The van der Waals surface area contributed by atoms with Crippen molar-refractivity contribution in [2.75, 3.05) is 26.3 Å². The Bertz CT molecular complexity index is 772. The minimum atomic E-state index is -0.0636. The summed E-state index contributed by atoms with van der Waals surface area (Å²) in [6.45, 7) is 9.59. The van der Waals surface area contributed by atoms with Crippen molar-refractivity contribution in [2.24, 2.45) is 4.99 Å². The largest absolute Gasteiger partial charge is 0.381 e. The third-order valence-electron chi connectivity index (χ3n) is 5.81. The summed E-state index contributed by atoms with van der Waals surface area (Å²) in [5.74, 6) is 0.855. The molecule has 1 heterocycles. The molecule has 2 unspecified atom stereocenters. The average molecular weight is 409 g/mol. The molecule has 1 aliphatic heterocycles. The molecular formula is C25H36N4O. The number of nitrogens with one attached hydrogen (secondary N) is 3. The van der Waals surface area contributed by atoms with Crippen molar-refractivity contribution < 1.29 is 4.74 Å². The Morgan fingerprint density at radius 1 is 0.933 bits per heavy atom. The van der Waals surface area contributed by atoms with Gasteiger partial charge in [-0.2, -0.15) is 0 Å². The average Bonchev–Trinajstić information content (AvgIpc) is 2.79. The fourth-order valence-corrected chi connectivity index (χ4v) is 3.98. The summed E-state index contributed by atoms with van der Waals surface area (Å²) >= 11 is 0. The second-order valence-corrected chi connectivity index (χ2v) is 8.14. The second-order valence-electron chi connectivity index (χ2n) is 8.14. The molecule has 2 atom stereocenters. The van der Waals surface area contributed by atoms with E-state index in [9.17, 15) is 0 Å². The van der Waals surface area contributed by atoms with Crippen LogP contribution in [0.4, 0.5) is 0 Å². The van der Waals surface area contributed by atoms with Gasteiger partial charge in [-0.25, -0.2) is 0 Å². The molecule has 30 heavy (non-hydrogen) atoms. The zero-order valence-corrected chi connectivity index (χ0v) is 18.5. The van der Waals surface area contributed by atoms with Crippen LogP contribution in [0.5, 0.6) is 0 Å². The fourth-order valence-electron chi connectivity index (χ4n) is 3.98. The normalized spacial score (nSPS) is 18.4. The minimum absolute atomic E-state index is 0.0636. The number of hydrogen-bond acceptors (Lipinski definition) is 3. The molecular weight excluding hydrogens is 372 g/mol. The summed E-state index contributed by atoms with van der Waals surface area (Å²) in [6, 6.07) is 21.5. The van der Waals surface area contributed by atoms with Gasteiger partial charge in [0.25, 0.3) is 0 Å². The van der Waals surface area contributed by atoms with Crippen LogP contribution in [0, 0.1) is 0 Å². The van der Waals surface area contributed by atoms with Crippen molar-refractivity contribution in [3.8, 4) is 0 Å². The fraction of sp³-hybridized carbons (Fsp3) is 0.480. The number of aliphatic imine (C=N–C) groups is 1. The van der Waals surface area contributed by atoms with Crippen LogP contribution in [0.1, 0.15) is 56.8 Å². The van der Waals surface area contributed by atoms with Crippen LogP contribution >= 0.6 is 0 Å². The maximum atomic E-state index is 5.67. The lowest BCUT2D eigenvalue weighted by molar-refractivity contribution is 0.0374. The highest BCUT2D eigenvalue weighted by Gasteiger charge is 2.34. The van der Waals surface area contributed by atoms with Crippen molar-refractivity contribution >= 4 is 5.96 Å². The molecule has 1 aliphatic rings. The Labute approximate surface area is 181 Å². The van der Waals surface area contributed by atoms with Crippen LogP contribution in [-0.4, -0.2) is 37.8 Å². The highest BCUT2D eigenvalue weighted by Crippen LogP contribution is 2.26. The number of hydrogen-bond donors (Lipinski definition) is 3. The van der Waals surface area contributed by atoms with Crippen LogP contribution in [0.2, 0.25) is 0 Å². The molecule has 3 N–H and O–H groups in total. The molecule has 3 rings (SSSR count). The molecule has 0 bridgehead atoms. The van der Waals surface area contributed by atoms with E-state index < -0.39 is 0 Å². The standard InChI is InChI=1S/C25H36N4O/c1-4-26-24(28-20(2)22-11-7-5-8-12-22)27-19-25(15-17-30-18-16-25)29-21(3)23-13-9-6-10-14-23/h5-14,20-21,29H,4,15-19H2,1-3H3,(H2,26,27,28). The van der Waals surface area contributed by atoms with Crippen molar-refractivity contribution in [1.82, 2.24) is 16.0 Å². The van der Waals surface area contributed by atoms with Crippen LogP contribution in [0.25, 0.3) is 0 Å². The van der Waals surface area contributed by atoms with Gasteiger partial charge < -0.3 is 20.7 Å². The highest BCUT2D eigenvalue weighted by molar-refractivity contribution is 5.80. The molecule has 162 valence electrons. The Morgan fingerprint density at radius 3 is 2.07 bits per heavy atom. The van der Waals surface area contributed by atoms with E-state index in [2.05, 4.69) is 91.3 Å². The van der Waals surface area contributed by atoms with Gasteiger partial charge >= 0.3 is 0 Å². The maximum Gasteiger partial charge on any atom is 0.191 e. The summed E-state index contributed by atoms with van der Waals surface area (Å²) in [7, 11) is 0. The molecule has 1 saturated heterocycles. The van der Waals surface area contributed by atoms with Gasteiger partial charge in [-0.05, 0) is 44.7 Å². The first-order chi connectivity index (χ1) is 14.6. The SMILES string of the molecule is CCNC(=NCC1(NC(C)c2ccccc2)CCOCC1)NC(C)c1ccccc1. The summed E-state index contributed by atoms with van der Waals surface area (Å²) in [5.41, 5.74) is 2.49. The summed E-state index contributed by atoms with van der Waals surface area (Å²) in [6.07, 6.45) is 1.92. The smallest absolute Gasteiger partial charge is 0.191 e. The molecule has 5 nitrogen and oxygen atoms in total. The first kappa shape index (κ1) is 22.3. The van der Waals surface area contributed by atoms with Gasteiger partial charge in [-0.3, -0.25) is 4.99 Å². The molecule has 0 saturated carbocycles. The molecule has 5 heteroatoms. The Kier molecular flexibility index (Phi) is 8.29. The molecule has 2 aromatic carbocycles. The Hall–Kier alpha value is -2.37. The highest BCUT2D eigenvalue weighted by atomic mass is 16.5.